The van der Waals surface area contributed by atoms with Gasteiger partial charge in [-0.2, -0.15) is 5.26 Å². The molecule has 1 fully saturated rings. The van der Waals surface area contributed by atoms with Crippen molar-refractivity contribution in [2.75, 3.05) is 11.9 Å². The Hall–Kier alpha value is -1.49. The summed E-state index contributed by atoms with van der Waals surface area (Å²) in [5.74, 6) is 0.840. The van der Waals surface area contributed by atoms with E-state index in [4.69, 9.17) is 5.26 Å². The molecule has 0 aliphatic heterocycles. The van der Waals surface area contributed by atoms with Crippen LogP contribution >= 0.6 is 0 Å². The third-order valence-electron chi connectivity index (χ3n) is 2.33. The number of nitrogens with one attached hydrogen (secondary N) is 1. The Morgan fingerprint density at radius 2 is 2.15 bits per heavy atom. The number of rotatable bonds is 3. The molecule has 1 aliphatic rings. The van der Waals surface area contributed by atoms with E-state index in [0.29, 0.717) is 0 Å². The lowest BCUT2D eigenvalue weighted by molar-refractivity contribution is 0.889. The third kappa shape index (κ3) is 2.00. The van der Waals surface area contributed by atoms with E-state index in [9.17, 15) is 0 Å². The predicted molar refractivity (Wildman–Crippen MR) is 52.4 cm³/mol. The number of nitriles is 1. The average molecular weight is 172 g/mol. The topological polar surface area (TPSA) is 35.8 Å². The molecule has 0 atom stereocenters. The van der Waals surface area contributed by atoms with Gasteiger partial charge in [-0.05, 0) is 30.9 Å². The molecule has 2 rings (SSSR count). The van der Waals surface area contributed by atoms with Crippen molar-refractivity contribution in [1.82, 2.24) is 0 Å². The van der Waals surface area contributed by atoms with E-state index >= 15 is 0 Å². The van der Waals surface area contributed by atoms with Gasteiger partial charge in [-0.25, -0.2) is 0 Å². The van der Waals surface area contributed by atoms with Gasteiger partial charge < -0.3 is 5.32 Å². The molecule has 0 bridgehead atoms. The van der Waals surface area contributed by atoms with Gasteiger partial charge in [0.1, 0.15) is 6.07 Å². The molecule has 0 heterocycles. The highest BCUT2D eigenvalue weighted by molar-refractivity contribution is 5.57. The Kier molecular flexibility index (Phi) is 2.18. The lowest BCUT2D eigenvalue weighted by Gasteiger charge is -2.05. The Morgan fingerprint density at radius 3 is 2.85 bits per heavy atom. The number of nitrogens with zero attached hydrogens (tertiary/aromatic N) is 1. The highest BCUT2D eigenvalue weighted by Gasteiger charge is 2.20. The summed E-state index contributed by atoms with van der Waals surface area (Å²) in [7, 11) is 0. The molecule has 0 saturated heterocycles. The van der Waals surface area contributed by atoms with Crippen LogP contribution in [0.5, 0.6) is 0 Å². The van der Waals surface area contributed by atoms with Crippen LogP contribution in [0.15, 0.2) is 24.3 Å². The summed E-state index contributed by atoms with van der Waals surface area (Å²) in [4.78, 5) is 0. The molecule has 0 unspecified atom stereocenters. The van der Waals surface area contributed by atoms with Crippen molar-refractivity contribution in [3.05, 3.63) is 29.8 Å². The van der Waals surface area contributed by atoms with Crippen LogP contribution in [0.25, 0.3) is 0 Å². The molecule has 2 nitrogen and oxygen atoms in total. The first-order valence-electron chi connectivity index (χ1n) is 4.63. The number of hydrogen-bond donors (Lipinski definition) is 1. The lowest BCUT2D eigenvalue weighted by Crippen LogP contribution is -2.04. The third-order valence-corrected chi connectivity index (χ3v) is 2.33. The normalized spacial score (nSPS) is 15.0. The Morgan fingerprint density at radius 1 is 1.38 bits per heavy atom. The van der Waals surface area contributed by atoms with Crippen molar-refractivity contribution in [3.63, 3.8) is 0 Å². The van der Waals surface area contributed by atoms with E-state index in [1.165, 1.54) is 12.8 Å². The fraction of sp³-hybridized carbons (Fsp3) is 0.364. The largest absolute Gasteiger partial charge is 0.384 e. The quantitative estimate of drug-likeness (QED) is 0.759. The van der Waals surface area contributed by atoms with Gasteiger partial charge in [0.2, 0.25) is 0 Å². The Labute approximate surface area is 78.2 Å². The summed E-state index contributed by atoms with van der Waals surface area (Å²) in [5, 5.41) is 12.1. The van der Waals surface area contributed by atoms with Crippen LogP contribution in [-0.2, 0) is 0 Å². The molecular weight excluding hydrogens is 160 g/mol. The zero-order valence-corrected chi connectivity index (χ0v) is 7.46. The van der Waals surface area contributed by atoms with Crippen molar-refractivity contribution in [3.8, 4) is 6.07 Å². The van der Waals surface area contributed by atoms with E-state index < -0.39 is 0 Å². The first-order valence-corrected chi connectivity index (χ1v) is 4.63. The zero-order valence-electron chi connectivity index (χ0n) is 7.46. The lowest BCUT2D eigenvalue weighted by atomic mass is 10.2. The molecule has 66 valence electrons. The number of anilines is 1. The number of para-hydroxylation sites is 1. The fourth-order valence-corrected chi connectivity index (χ4v) is 1.31. The molecule has 0 aromatic heterocycles. The first kappa shape index (κ1) is 8.12. The van der Waals surface area contributed by atoms with Crippen molar-refractivity contribution in [2.24, 2.45) is 5.92 Å². The SMILES string of the molecule is N#Cc1ccccc1NCC1CC1. The van der Waals surface area contributed by atoms with Gasteiger partial charge in [0.15, 0.2) is 0 Å². The highest BCUT2D eigenvalue weighted by Crippen LogP contribution is 2.29. The van der Waals surface area contributed by atoms with Crippen LogP contribution in [0, 0.1) is 17.2 Å². The molecule has 1 N–H and O–H groups in total. The maximum atomic E-state index is 8.81. The Balaban J connectivity index is 2.05. The van der Waals surface area contributed by atoms with E-state index in [2.05, 4.69) is 11.4 Å². The molecule has 1 aromatic carbocycles. The minimum atomic E-state index is 0.739. The van der Waals surface area contributed by atoms with Crippen LogP contribution in [0.1, 0.15) is 18.4 Å². The van der Waals surface area contributed by atoms with Gasteiger partial charge in [0, 0.05) is 6.54 Å². The second-order valence-electron chi connectivity index (χ2n) is 3.48. The van der Waals surface area contributed by atoms with Gasteiger partial charge in [-0.15, -0.1) is 0 Å². The summed E-state index contributed by atoms with van der Waals surface area (Å²) >= 11 is 0. The van der Waals surface area contributed by atoms with Gasteiger partial charge in [-0.1, -0.05) is 12.1 Å². The van der Waals surface area contributed by atoms with Gasteiger partial charge in [-0.3, -0.25) is 0 Å². The maximum absolute atomic E-state index is 8.81. The summed E-state index contributed by atoms with van der Waals surface area (Å²) < 4.78 is 0. The molecule has 0 spiro atoms. The van der Waals surface area contributed by atoms with Crippen LogP contribution in [0.4, 0.5) is 5.69 Å². The number of hydrogen-bond acceptors (Lipinski definition) is 2. The molecule has 0 amide bonds. The summed E-state index contributed by atoms with van der Waals surface area (Å²) in [5.41, 5.74) is 1.71. The number of benzene rings is 1. The van der Waals surface area contributed by atoms with E-state index in [-0.39, 0.29) is 0 Å². The monoisotopic (exact) mass is 172 g/mol. The fourth-order valence-electron chi connectivity index (χ4n) is 1.31. The van der Waals surface area contributed by atoms with E-state index in [1.54, 1.807) is 0 Å². The van der Waals surface area contributed by atoms with E-state index in [0.717, 1.165) is 23.7 Å². The minimum absolute atomic E-state index is 0.739. The predicted octanol–water partition coefficient (Wildman–Crippen LogP) is 2.38. The van der Waals surface area contributed by atoms with Crippen LogP contribution in [0.2, 0.25) is 0 Å². The van der Waals surface area contributed by atoms with Crippen LogP contribution in [0.3, 0.4) is 0 Å². The van der Waals surface area contributed by atoms with E-state index in [1.807, 2.05) is 24.3 Å². The van der Waals surface area contributed by atoms with Crippen LogP contribution in [-0.4, -0.2) is 6.54 Å². The van der Waals surface area contributed by atoms with Crippen molar-refractivity contribution >= 4 is 5.69 Å². The molecule has 13 heavy (non-hydrogen) atoms. The summed E-state index contributed by atoms with van der Waals surface area (Å²) in [6.07, 6.45) is 2.67. The van der Waals surface area contributed by atoms with Gasteiger partial charge >= 0.3 is 0 Å². The molecule has 2 heteroatoms. The zero-order chi connectivity index (χ0) is 9.10. The standard InChI is InChI=1S/C11H12N2/c12-7-10-3-1-2-4-11(10)13-8-9-5-6-9/h1-4,9,13H,5-6,8H2. The summed E-state index contributed by atoms with van der Waals surface area (Å²) in [6.45, 7) is 1.01. The highest BCUT2D eigenvalue weighted by atomic mass is 14.9. The second-order valence-corrected chi connectivity index (χ2v) is 3.48. The summed E-state index contributed by atoms with van der Waals surface area (Å²) in [6, 6.07) is 9.82. The minimum Gasteiger partial charge on any atom is -0.384 e. The van der Waals surface area contributed by atoms with Gasteiger partial charge in [0.05, 0.1) is 11.3 Å². The second kappa shape index (κ2) is 3.49. The maximum Gasteiger partial charge on any atom is 0.101 e. The molecular formula is C11H12N2. The molecule has 1 aromatic rings. The first-order chi connectivity index (χ1) is 6.40. The Bertz CT molecular complexity index is 334. The van der Waals surface area contributed by atoms with Gasteiger partial charge in [0.25, 0.3) is 0 Å². The van der Waals surface area contributed by atoms with Crippen molar-refractivity contribution < 1.29 is 0 Å². The van der Waals surface area contributed by atoms with Crippen molar-refractivity contribution in [1.29, 1.82) is 5.26 Å². The molecule has 0 radical (unpaired) electrons. The average Bonchev–Trinajstić information content (AvgIpc) is 2.99. The molecule has 1 saturated carbocycles. The molecule has 1 aliphatic carbocycles. The smallest absolute Gasteiger partial charge is 0.101 e. The van der Waals surface area contributed by atoms with Crippen molar-refractivity contribution in [2.45, 2.75) is 12.8 Å². The van der Waals surface area contributed by atoms with Crippen LogP contribution < -0.4 is 5.32 Å².